The smallest absolute Gasteiger partial charge is 0.115 e. The number of aryl methyl sites for hydroxylation is 1. The first-order chi connectivity index (χ1) is 25.5. The van der Waals surface area contributed by atoms with Gasteiger partial charge >= 0.3 is 0 Å². The Hall–Kier alpha value is -3.44. The van der Waals surface area contributed by atoms with E-state index in [1.165, 1.54) is 141 Å². The van der Waals surface area contributed by atoms with Gasteiger partial charge in [-0.15, -0.1) is 34.0 Å². The van der Waals surface area contributed by atoms with E-state index in [1.807, 2.05) is 46.1 Å². The first kappa shape index (κ1) is 36.9. The summed E-state index contributed by atoms with van der Waals surface area (Å²) in [4.78, 5) is 7.95. The van der Waals surface area contributed by atoms with Crippen molar-refractivity contribution in [2.45, 2.75) is 116 Å². The average molecular weight is 743 g/mol. The van der Waals surface area contributed by atoms with E-state index in [2.05, 4.69) is 93.6 Å². The van der Waals surface area contributed by atoms with Crippen LogP contribution < -0.4 is 0 Å². The molecule has 7 rings (SSSR count). The number of rotatable bonds is 18. The molecular weight excluding hydrogens is 689 g/mol. The fourth-order valence-electron chi connectivity index (χ4n) is 8.35. The lowest BCUT2D eigenvalue weighted by molar-refractivity contribution is 0.398. The number of unbranched alkanes of at least 4 members (excludes halogenated alkanes) is 10. The molecule has 3 aromatic heterocycles. The number of hydrogen-bond donors (Lipinski definition) is 1. The summed E-state index contributed by atoms with van der Waals surface area (Å²) in [6, 6.07) is 36.1. The van der Waals surface area contributed by atoms with Gasteiger partial charge in [-0.3, -0.25) is 0 Å². The Morgan fingerprint density at radius 1 is 0.442 bits per heavy atom. The second-order valence-electron chi connectivity index (χ2n) is 14.9. The van der Waals surface area contributed by atoms with Gasteiger partial charge in [0.25, 0.3) is 0 Å². The van der Waals surface area contributed by atoms with E-state index in [-0.39, 0.29) is 5.41 Å². The Kier molecular flexibility index (Phi) is 12.2. The summed E-state index contributed by atoms with van der Waals surface area (Å²) in [6.07, 6.45) is 18.4. The fourth-order valence-corrected chi connectivity index (χ4v) is 11.3. The molecule has 0 bridgehead atoms. The monoisotopic (exact) mass is 742 g/mol. The van der Waals surface area contributed by atoms with Crippen molar-refractivity contribution in [3.8, 4) is 58.0 Å². The predicted molar refractivity (Wildman–Crippen MR) is 230 cm³/mol. The third-order valence-corrected chi connectivity index (χ3v) is 14.7. The highest BCUT2D eigenvalue weighted by molar-refractivity contribution is 7.25. The zero-order chi connectivity index (χ0) is 35.9. The Morgan fingerprint density at radius 2 is 0.865 bits per heavy atom. The molecule has 1 aliphatic carbocycles. The fraction of sp³-hybridized carbons (Fsp3) is 0.375. The van der Waals surface area contributed by atoms with Gasteiger partial charge in [0.2, 0.25) is 0 Å². The highest BCUT2D eigenvalue weighted by atomic mass is 32.1. The summed E-state index contributed by atoms with van der Waals surface area (Å²) in [6.45, 7) is 6.86. The normalized spacial score (nSPS) is 13.1. The molecule has 52 heavy (non-hydrogen) atoms. The molecular formula is C48H54OS3. The van der Waals surface area contributed by atoms with E-state index >= 15 is 0 Å². The number of fused-ring (bicyclic) bond motifs is 3. The molecule has 6 aromatic rings. The maximum Gasteiger partial charge on any atom is 0.115 e. The van der Waals surface area contributed by atoms with Gasteiger partial charge in [0.05, 0.1) is 0 Å². The minimum absolute atomic E-state index is 0.0470. The first-order valence-electron chi connectivity index (χ1n) is 19.8. The van der Waals surface area contributed by atoms with E-state index in [9.17, 15) is 5.11 Å². The molecule has 0 unspecified atom stereocenters. The van der Waals surface area contributed by atoms with Crippen molar-refractivity contribution >= 4 is 34.0 Å². The SMILES string of the molecule is CCCCCCCCC1(CCCCCCCC)c2cc(-c3ccc(C)s3)ccc2-c2ccc(-c3ccc(-c4ccc(-c5ccc(O)cc5)s4)s3)cc21. The van der Waals surface area contributed by atoms with Crippen molar-refractivity contribution in [1.82, 2.24) is 0 Å². The number of thiophene rings is 3. The molecule has 0 amide bonds. The van der Waals surface area contributed by atoms with Crippen LogP contribution in [0.2, 0.25) is 0 Å². The average Bonchev–Trinajstić information content (AvgIpc) is 3.98. The molecule has 1 aliphatic rings. The van der Waals surface area contributed by atoms with Crippen LogP contribution in [0.15, 0.2) is 97.1 Å². The highest BCUT2D eigenvalue weighted by Crippen LogP contribution is 2.56. The topological polar surface area (TPSA) is 20.2 Å². The minimum Gasteiger partial charge on any atom is -0.508 e. The Balaban J connectivity index is 1.24. The van der Waals surface area contributed by atoms with Gasteiger partial charge in [-0.25, -0.2) is 0 Å². The van der Waals surface area contributed by atoms with Gasteiger partial charge in [-0.05, 0) is 132 Å². The van der Waals surface area contributed by atoms with E-state index < -0.39 is 0 Å². The molecule has 0 saturated carbocycles. The van der Waals surface area contributed by atoms with E-state index in [0.717, 1.165) is 5.56 Å². The van der Waals surface area contributed by atoms with Gasteiger partial charge in [-0.2, -0.15) is 0 Å². The van der Waals surface area contributed by atoms with Crippen LogP contribution in [-0.2, 0) is 5.41 Å². The molecule has 0 aliphatic heterocycles. The predicted octanol–water partition coefficient (Wildman–Crippen LogP) is 16.3. The largest absolute Gasteiger partial charge is 0.508 e. The van der Waals surface area contributed by atoms with Gasteiger partial charge in [0.1, 0.15) is 5.75 Å². The van der Waals surface area contributed by atoms with Crippen LogP contribution >= 0.6 is 34.0 Å². The lowest BCUT2D eigenvalue weighted by atomic mass is 9.70. The van der Waals surface area contributed by atoms with Crippen LogP contribution in [0.4, 0.5) is 0 Å². The number of benzene rings is 3. The number of hydrogen-bond acceptors (Lipinski definition) is 4. The quantitative estimate of drug-likeness (QED) is 0.0870. The molecule has 270 valence electrons. The van der Waals surface area contributed by atoms with Crippen LogP contribution in [0.5, 0.6) is 5.75 Å². The third-order valence-electron chi connectivity index (χ3n) is 11.2. The van der Waals surface area contributed by atoms with Crippen molar-refractivity contribution in [3.63, 3.8) is 0 Å². The molecule has 0 radical (unpaired) electrons. The van der Waals surface area contributed by atoms with Crippen molar-refractivity contribution in [2.24, 2.45) is 0 Å². The summed E-state index contributed by atoms with van der Waals surface area (Å²) >= 11 is 5.66. The maximum absolute atomic E-state index is 9.77. The summed E-state index contributed by atoms with van der Waals surface area (Å²) in [5, 5.41) is 9.77. The lowest BCUT2D eigenvalue weighted by Gasteiger charge is -2.33. The zero-order valence-electron chi connectivity index (χ0n) is 31.3. The van der Waals surface area contributed by atoms with Gasteiger partial charge in [0.15, 0.2) is 0 Å². The van der Waals surface area contributed by atoms with Crippen LogP contribution in [0.1, 0.15) is 120 Å². The minimum atomic E-state index is 0.0470. The Morgan fingerprint density at radius 3 is 1.37 bits per heavy atom. The molecule has 0 saturated heterocycles. The maximum atomic E-state index is 9.77. The summed E-state index contributed by atoms with van der Waals surface area (Å²) < 4.78 is 0. The first-order valence-corrected chi connectivity index (χ1v) is 22.3. The zero-order valence-corrected chi connectivity index (χ0v) is 33.8. The summed E-state index contributed by atoms with van der Waals surface area (Å²) in [5.41, 5.74) is 9.99. The van der Waals surface area contributed by atoms with Gasteiger partial charge in [0, 0.05) is 34.7 Å². The van der Waals surface area contributed by atoms with E-state index in [4.69, 9.17) is 0 Å². The van der Waals surface area contributed by atoms with Crippen LogP contribution in [0.3, 0.4) is 0 Å². The van der Waals surface area contributed by atoms with E-state index in [0.29, 0.717) is 5.75 Å². The van der Waals surface area contributed by atoms with Crippen LogP contribution in [0.25, 0.3) is 52.2 Å². The molecule has 4 heteroatoms. The van der Waals surface area contributed by atoms with Gasteiger partial charge in [-0.1, -0.05) is 115 Å². The number of aromatic hydroxyl groups is 1. The van der Waals surface area contributed by atoms with E-state index in [1.54, 1.807) is 23.3 Å². The van der Waals surface area contributed by atoms with Crippen molar-refractivity contribution in [3.05, 3.63) is 113 Å². The van der Waals surface area contributed by atoms with Crippen LogP contribution in [-0.4, -0.2) is 5.11 Å². The Labute approximate surface area is 324 Å². The highest BCUT2D eigenvalue weighted by Gasteiger charge is 2.42. The number of phenols is 1. The molecule has 0 spiro atoms. The molecule has 3 aromatic carbocycles. The van der Waals surface area contributed by atoms with Crippen LogP contribution in [0, 0.1) is 6.92 Å². The number of phenolic OH excluding ortho intramolecular Hbond substituents is 1. The molecule has 0 fully saturated rings. The van der Waals surface area contributed by atoms with Crippen molar-refractivity contribution < 1.29 is 5.11 Å². The molecule has 0 atom stereocenters. The molecule has 1 N–H and O–H groups in total. The Bertz CT molecular complexity index is 2040. The third kappa shape index (κ3) is 8.05. The lowest BCUT2D eigenvalue weighted by Crippen LogP contribution is -2.25. The summed E-state index contributed by atoms with van der Waals surface area (Å²) in [7, 11) is 0. The molecule has 3 heterocycles. The molecule has 1 nitrogen and oxygen atoms in total. The van der Waals surface area contributed by atoms with Gasteiger partial charge < -0.3 is 5.11 Å². The van der Waals surface area contributed by atoms with Crippen molar-refractivity contribution in [2.75, 3.05) is 0 Å². The second kappa shape index (κ2) is 17.1. The standard InChI is InChI=1S/C48H54OS3/c1-4-6-8-10-12-14-30-48(31-15-13-11-9-7-5-2)41-32-36(44-25-16-34(3)50-44)19-23-39(41)40-24-20-37(33-42(40)48)45-27-29-47(52-45)46-28-26-43(51-46)35-17-21-38(49)22-18-35/h16-29,32-33,49H,4-15,30-31H2,1-3H3. The van der Waals surface area contributed by atoms with Crippen molar-refractivity contribution in [1.29, 1.82) is 0 Å². The summed E-state index contributed by atoms with van der Waals surface area (Å²) in [5.74, 6) is 0.307. The second-order valence-corrected chi connectivity index (χ2v) is 18.4.